The molecule has 11 heteroatoms. The van der Waals surface area contributed by atoms with E-state index in [-0.39, 0.29) is 18.8 Å². The summed E-state index contributed by atoms with van der Waals surface area (Å²) in [5.41, 5.74) is 4.12. The van der Waals surface area contributed by atoms with Gasteiger partial charge in [-0.05, 0) is 45.0 Å². The largest absolute Gasteiger partial charge is 0.444 e. The Kier molecular flexibility index (Phi) is 7.58. The third-order valence-electron chi connectivity index (χ3n) is 5.71. The van der Waals surface area contributed by atoms with Crippen molar-refractivity contribution in [2.75, 3.05) is 41.7 Å². The summed E-state index contributed by atoms with van der Waals surface area (Å²) >= 11 is 3.37. The Morgan fingerprint density at radius 1 is 0.889 bits per heavy atom. The van der Waals surface area contributed by atoms with E-state index in [0.717, 1.165) is 32.7 Å². The lowest BCUT2D eigenvalue weighted by molar-refractivity contribution is 0.0240. The van der Waals surface area contributed by atoms with Crippen molar-refractivity contribution in [3.63, 3.8) is 0 Å². The van der Waals surface area contributed by atoms with Gasteiger partial charge in [0.15, 0.2) is 0 Å². The van der Waals surface area contributed by atoms with Gasteiger partial charge in [0.05, 0.1) is 11.4 Å². The summed E-state index contributed by atoms with van der Waals surface area (Å²) in [5.74, 6) is 0. The number of anilines is 3. The zero-order chi connectivity index (χ0) is 25.9. The van der Waals surface area contributed by atoms with Crippen molar-refractivity contribution < 1.29 is 28.6 Å². The van der Waals surface area contributed by atoms with Crippen LogP contribution in [0, 0.1) is 0 Å². The molecule has 0 unspecified atom stereocenters. The number of hydrogen-bond acceptors (Lipinski definition) is 7. The van der Waals surface area contributed by atoms with Gasteiger partial charge in [0, 0.05) is 47.5 Å². The molecule has 3 aliphatic heterocycles. The summed E-state index contributed by atoms with van der Waals surface area (Å²) < 4.78 is 16.3. The average molecular weight is 561 g/mol. The number of carbonyl (C=O) groups excluding carboxylic acids is 3. The highest BCUT2D eigenvalue weighted by atomic mass is 79.9. The minimum Gasteiger partial charge on any atom is -0.444 e. The standard InChI is InChI=1S/C17H23N3O4.C8H6BrNO2/c1-17(2,3)24-16(22)20-9-7-19(8-10-20)14-6-4-5-13-12(14)11-23-15(21)18-13;9-6-2-1-3-7-5(6)4-12-8(11)10-7/h4-6H,7-11H2,1-3H3,(H,18,21);1-3H,4H2,(H,10,11). The van der Waals surface area contributed by atoms with Gasteiger partial charge in [-0.2, -0.15) is 0 Å². The molecule has 0 radical (unpaired) electrons. The zero-order valence-corrected chi connectivity index (χ0v) is 22.0. The number of hydrogen-bond donors (Lipinski definition) is 2. The fourth-order valence-electron chi connectivity index (χ4n) is 3.99. The van der Waals surface area contributed by atoms with Gasteiger partial charge >= 0.3 is 18.3 Å². The lowest BCUT2D eigenvalue weighted by Gasteiger charge is -2.38. The summed E-state index contributed by atoms with van der Waals surface area (Å²) in [6.45, 7) is 8.83. The van der Waals surface area contributed by atoms with E-state index in [2.05, 4.69) is 31.5 Å². The number of nitrogens with one attached hydrogen (secondary N) is 2. The highest BCUT2D eigenvalue weighted by Gasteiger charge is 2.28. The molecule has 0 saturated carbocycles. The van der Waals surface area contributed by atoms with Gasteiger partial charge in [-0.15, -0.1) is 0 Å². The Balaban J connectivity index is 0.000000211. The maximum atomic E-state index is 12.1. The Bertz CT molecular complexity index is 1160. The van der Waals surface area contributed by atoms with Crippen molar-refractivity contribution >= 4 is 51.3 Å². The van der Waals surface area contributed by atoms with Crippen LogP contribution in [0.3, 0.4) is 0 Å². The third kappa shape index (κ3) is 6.20. The van der Waals surface area contributed by atoms with Crippen molar-refractivity contribution in [3.8, 4) is 0 Å². The van der Waals surface area contributed by atoms with Gasteiger partial charge < -0.3 is 24.0 Å². The number of cyclic esters (lactones) is 2. The SMILES string of the molecule is CC(C)(C)OC(=O)N1CCN(c2cccc3c2COC(=O)N3)CC1.O=C1Nc2cccc(Br)c2CO1. The van der Waals surface area contributed by atoms with Crippen LogP contribution < -0.4 is 15.5 Å². The number of halogens is 1. The highest BCUT2D eigenvalue weighted by Crippen LogP contribution is 2.32. The lowest BCUT2D eigenvalue weighted by Crippen LogP contribution is -2.50. The van der Waals surface area contributed by atoms with Crippen LogP contribution in [-0.2, 0) is 27.4 Å². The second-order valence-corrected chi connectivity index (χ2v) is 10.3. The van der Waals surface area contributed by atoms with Gasteiger partial charge in [0.2, 0.25) is 0 Å². The molecule has 0 aromatic heterocycles. The number of ether oxygens (including phenoxy) is 3. The summed E-state index contributed by atoms with van der Waals surface area (Å²) in [4.78, 5) is 38.2. The smallest absolute Gasteiger partial charge is 0.411 e. The predicted molar refractivity (Wildman–Crippen MR) is 138 cm³/mol. The topological polar surface area (TPSA) is 109 Å². The number of amides is 3. The van der Waals surface area contributed by atoms with E-state index in [1.54, 1.807) is 4.90 Å². The number of fused-ring (bicyclic) bond motifs is 2. The maximum Gasteiger partial charge on any atom is 0.411 e. The fourth-order valence-corrected chi connectivity index (χ4v) is 4.47. The number of carbonyl (C=O) groups is 3. The second kappa shape index (κ2) is 10.7. The highest BCUT2D eigenvalue weighted by molar-refractivity contribution is 9.10. The molecule has 0 aliphatic carbocycles. The van der Waals surface area contributed by atoms with Gasteiger partial charge in [-0.1, -0.05) is 28.1 Å². The molecule has 36 heavy (non-hydrogen) atoms. The Hall–Kier alpha value is -3.47. The summed E-state index contributed by atoms with van der Waals surface area (Å²) in [5, 5.41) is 5.33. The van der Waals surface area contributed by atoms with Crippen molar-refractivity contribution in [3.05, 3.63) is 52.0 Å². The van der Waals surface area contributed by atoms with Crippen molar-refractivity contribution in [2.45, 2.75) is 39.6 Å². The van der Waals surface area contributed by atoms with Crippen molar-refractivity contribution in [1.82, 2.24) is 4.90 Å². The molecule has 2 N–H and O–H groups in total. The summed E-state index contributed by atoms with van der Waals surface area (Å²) in [6, 6.07) is 11.4. The van der Waals surface area contributed by atoms with E-state index in [9.17, 15) is 14.4 Å². The molecule has 10 nitrogen and oxygen atoms in total. The summed E-state index contributed by atoms with van der Waals surface area (Å²) in [6.07, 6.45) is -1.08. The van der Waals surface area contributed by atoms with Gasteiger partial charge in [0.25, 0.3) is 0 Å². The van der Waals surface area contributed by atoms with Crippen LogP contribution in [0.4, 0.5) is 31.4 Å². The fraction of sp³-hybridized carbons (Fsp3) is 0.400. The molecule has 0 bridgehead atoms. The molecule has 2 aromatic rings. The molecule has 192 valence electrons. The van der Waals surface area contributed by atoms with E-state index in [1.807, 2.05) is 57.2 Å². The molecular formula is C25H29BrN4O6. The quantitative estimate of drug-likeness (QED) is 0.454. The molecule has 3 amide bonds. The van der Waals surface area contributed by atoms with Crippen LogP contribution >= 0.6 is 15.9 Å². The van der Waals surface area contributed by atoms with Crippen LogP contribution in [0.2, 0.25) is 0 Å². The molecule has 1 saturated heterocycles. The molecular weight excluding hydrogens is 532 g/mol. The van der Waals surface area contributed by atoms with Crippen molar-refractivity contribution in [1.29, 1.82) is 0 Å². The average Bonchev–Trinajstić information content (AvgIpc) is 2.83. The summed E-state index contributed by atoms with van der Waals surface area (Å²) in [7, 11) is 0. The van der Waals surface area contributed by atoms with E-state index in [1.165, 1.54) is 0 Å². The number of rotatable bonds is 1. The number of benzene rings is 2. The van der Waals surface area contributed by atoms with E-state index in [4.69, 9.17) is 14.2 Å². The second-order valence-electron chi connectivity index (χ2n) is 9.43. The van der Waals surface area contributed by atoms with Crippen LogP contribution in [0.5, 0.6) is 0 Å². The normalized spacial score (nSPS) is 16.7. The van der Waals surface area contributed by atoms with Crippen molar-refractivity contribution in [2.24, 2.45) is 0 Å². The van der Waals surface area contributed by atoms with Crippen LogP contribution in [0.1, 0.15) is 31.9 Å². The number of nitrogens with zero attached hydrogens (tertiary/aromatic N) is 2. The predicted octanol–water partition coefficient (Wildman–Crippen LogP) is 5.32. The molecule has 5 rings (SSSR count). The first-order chi connectivity index (χ1) is 17.1. The Labute approximate surface area is 218 Å². The van der Waals surface area contributed by atoms with Gasteiger partial charge in [-0.25, -0.2) is 14.4 Å². The van der Waals surface area contributed by atoms with Crippen LogP contribution in [-0.4, -0.2) is 55.0 Å². The first-order valence-corrected chi connectivity index (χ1v) is 12.4. The molecule has 2 aromatic carbocycles. The van der Waals surface area contributed by atoms with Gasteiger partial charge in [-0.3, -0.25) is 10.6 Å². The Morgan fingerprint density at radius 3 is 2.06 bits per heavy atom. The Morgan fingerprint density at radius 2 is 1.44 bits per heavy atom. The molecule has 0 spiro atoms. The van der Waals surface area contributed by atoms with Crippen LogP contribution in [0.15, 0.2) is 40.9 Å². The molecule has 3 aliphatic rings. The first kappa shape index (κ1) is 25.6. The maximum absolute atomic E-state index is 12.1. The molecule has 3 heterocycles. The molecule has 0 atom stereocenters. The third-order valence-corrected chi connectivity index (χ3v) is 6.45. The first-order valence-electron chi connectivity index (χ1n) is 11.6. The monoisotopic (exact) mass is 560 g/mol. The van der Waals surface area contributed by atoms with E-state index >= 15 is 0 Å². The zero-order valence-electron chi connectivity index (χ0n) is 20.4. The lowest BCUT2D eigenvalue weighted by atomic mass is 10.1. The van der Waals surface area contributed by atoms with E-state index in [0.29, 0.717) is 32.8 Å². The molecule has 1 fully saturated rings. The van der Waals surface area contributed by atoms with E-state index < -0.39 is 11.7 Å². The van der Waals surface area contributed by atoms with Crippen LogP contribution in [0.25, 0.3) is 0 Å². The minimum atomic E-state index is -0.484. The minimum absolute atomic E-state index is 0.267. The number of piperazine rings is 1. The van der Waals surface area contributed by atoms with Gasteiger partial charge in [0.1, 0.15) is 18.8 Å².